The van der Waals surface area contributed by atoms with Crippen LogP contribution in [0.1, 0.15) is 82.8 Å². The average molecular weight is 871 g/mol. The minimum atomic E-state index is -1.44. The molecule has 12 nitrogen and oxygen atoms in total. The zero-order valence-electron chi connectivity index (χ0n) is 36.5. The molecule has 0 spiro atoms. The van der Waals surface area contributed by atoms with Crippen LogP contribution in [0.25, 0.3) is 0 Å². The molecule has 0 saturated heterocycles. The molecule has 4 aliphatic rings. The molecule has 2 heterocycles. The standard InChI is InChI=1S/C49H62N2O10S/c1-6-24-59-49-44(51(47(54)55-5)31-33-18-20-42-43(27-33)58-32-57-42)30-40(50-61-48(2,3)4)38-28-34(14-10-12-22-52)37(17-11-13-23-53)45(46(38)49)39-29-35(19-21-41(39)60-49)56-25-26-62-36-15-8-7-9-16-36/h6-9,15-16,18-21,27-29,34,37,44-46,52-53H,1,10-14,17,22-26,30-32H2,2-5H3. The number of amides is 1. The van der Waals surface area contributed by atoms with Crippen molar-refractivity contribution >= 4 is 23.6 Å². The quantitative estimate of drug-likeness (QED) is 0.0487. The van der Waals surface area contributed by atoms with E-state index >= 15 is 0 Å². The number of benzene rings is 3. The molecule has 13 heteroatoms. The van der Waals surface area contributed by atoms with Crippen LogP contribution in [0.15, 0.2) is 101 Å². The Morgan fingerprint density at radius 2 is 1.74 bits per heavy atom. The lowest BCUT2D eigenvalue weighted by molar-refractivity contribution is -0.256. The van der Waals surface area contributed by atoms with Gasteiger partial charge in [-0.05, 0) is 112 Å². The summed E-state index contributed by atoms with van der Waals surface area (Å²) in [5.74, 6) is 1.44. The van der Waals surface area contributed by atoms with Gasteiger partial charge in [-0.25, -0.2) is 4.79 Å². The molecule has 0 bridgehead atoms. The van der Waals surface area contributed by atoms with Crippen molar-refractivity contribution in [3.8, 4) is 23.0 Å². The largest absolute Gasteiger partial charge is 0.493 e. The highest BCUT2D eigenvalue weighted by molar-refractivity contribution is 7.99. The molecule has 2 aliphatic heterocycles. The molecule has 1 amide bonds. The van der Waals surface area contributed by atoms with Crippen LogP contribution in [0.4, 0.5) is 4.79 Å². The van der Waals surface area contributed by atoms with Crippen LogP contribution >= 0.6 is 11.8 Å². The molecular formula is C49H62N2O10S. The van der Waals surface area contributed by atoms with E-state index in [2.05, 4.69) is 30.9 Å². The Hall–Kier alpha value is -4.69. The smallest absolute Gasteiger partial charge is 0.410 e. The number of carbonyl (C=O) groups excluding carboxylic acids is 1. The van der Waals surface area contributed by atoms with Crippen LogP contribution in [0.2, 0.25) is 0 Å². The fraction of sp³-hybridized carbons (Fsp3) is 0.510. The first-order valence-electron chi connectivity index (χ1n) is 21.9. The summed E-state index contributed by atoms with van der Waals surface area (Å²) >= 11 is 1.75. The molecule has 0 aromatic heterocycles. The van der Waals surface area contributed by atoms with Crippen molar-refractivity contribution in [1.29, 1.82) is 0 Å². The molecule has 0 radical (unpaired) electrons. The van der Waals surface area contributed by atoms with Crippen molar-refractivity contribution in [2.45, 2.75) is 101 Å². The van der Waals surface area contributed by atoms with E-state index < -0.39 is 29.4 Å². The summed E-state index contributed by atoms with van der Waals surface area (Å²) in [6.07, 6.45) is 8.38. The van der Waals surface area contributed by atoms with E-state index in [0.29, 0.717) is 42.4 Å². The molecule has 1 saturated carbocycles. The average Bonchev–Trinajstić information content (AvgIpc) is 3.75. The van der Waals surface area contributed by atoms with Gasteiger partial charge in [0.05, 0.1) is 32.0 Å². The summed E-state index contributed by atoms with van der Waals surface area (Å²) in [4.78, 5) is 23.4. The van der Waals surface area contributed by atoms with Crippen molar-refractivity contribution in [2.75, 3.05) is 46.1 Å². The summed E-state index contributed by atoms with van der Waals surface area (Å²) in [6.45, 7) is 11.0. The Balaban J connectivity index is 1.39. The normalized spacial score (nSPS) is 24.0. The molecule has 2 N–H and O–H groups in total. The number of ether oxygens (including phenoxy) is 6. The van der Waals surface area contributed by atoms with E-state index in [0.717, 1.165) is 53.9 Å². The number of nitrogens with zero attached hydrogens (tertiary/aromatic N) is 2. The Kier molecular flexibility index (Phi) is 15.1. The SMILES string of the molecule is C=CCOC12Oc3ccc(OCCSc4ccccc4)cc3C3C(CCCCO)C(CCCCO)C=C(C(=NOC(C)(C)C)CC1N(Cc1ccc4c(c1)OCO4)C(=O)OC)C32. The lowest BCUT2D eigenvalue weighted by Gasteiger charge is -2.59. The van der Waals surface area contributed by atoms with Crippen LogP contribution < -0.4 is 18.9 Å². The molecule has 62 heavy (non-hydrogen) atoms. The summed E-state index contributed by atoms with van der Waals surface area (Å²) in [5.41, 5.74) is 2.85. The third-order valence-corrected chi connectivity index (χ3v) is 13.0. The minimum absolute atomic E-state index is 0.0659. The molecule has 1 fully saturated rings. The van der Waals surface area contributed by atoms with Gasteiger partial charge in [-0.2, -0.15) is 0 Å². The van der Waals surface area contributed by atoms with E-state index in [1.54, 1.807) is 22.7 Å². The second-order valence-corrected chi connectivity index (χ2v) is 18.4. The van der Waals surface area contributed by atoms with E-state index in [9.17, 15) is 15.0 Å². The Morgan fingerprint density at radius 1 is 0.984 bits per heavy atom. The number of aliphatic hydroxyl groups excluding tert-OH is 2. The number of fused-ring (bicyclic) bond motifs is 3. The molecule has 3 aromatic carbocycles. The topological polar surface area (TPSA) is 138 Å². The number of unbranched alkanes of at least 4 members (excludes halogenated alkanes) is 2. The number of thioether (sulfide) groups is 1. The third kappa shape index (κ3) is 10.2. The summed E-state index contributed by atoms with van der Waals surface area (Å²) in [5, 5.41) is 24.8. The first-order chi connectivity index (χ1) is 30.1. The van der Waals surface area contributed by atoms with E-state index in [-0.39, 0.29) is 57.3 Å². The zero-order chi connectivity index (χ0) is 43.7. The van der Waals surface area contributed by atoms with Gasteiger partial charge in [-0.3, -0.25) is 4.90 Å². The molecule has 6 unspecified atom stereocenters. The van der Waals surface area contributed by atoms with Crippen molar-refractivity contribution in [2.24, 2.45) is 22.9 Å². The predicted octanol–water partition coefficient (Wildman–Crippen LogP) is 9.29. The van der Waals surface area contributed by atoms with E-state index in [1.807, 2.05) is 69.3 Å². The molecule has 6 atom stereocenters. The van der Waals surface area contributed by atoms with Crippen LogP contribution in [-0.4, -0.2) is 90.4 Å². The van der Waals surface area contributed by atoms with Gasteiger partial charge >= 0.3 is 6.09 Å². The lowest BCUT2D eigenvalue weighted by atomic mass is 9.55. The second-order valence-electron chi connectivity index (χ2n) is 17.3. The van der Waals surface area contributed by atoms with Crippen molar-refractivity contribution in [1.82, 2.24) is 4.90 Å². The number of aliphatic hydroxyl groups is 2. The number of allylic oxidation sites excluding steroid dienone is 1. The van der Waals surface area contributed by atoms with Crippen LogP contribution in [0.5, 0.6) is 23.0 Å². The maximum atomic E-state index is 14.3. The fourth-order valence-electron chi connectivity index (χ4n) is 9.42. The summed E-state index contributed by atoms with van der Waals surface area (Å²) in [7, 11) is 1.38. The van der Waals surface area contributed by atoms with Gasteiger partial charge in [0.25, 0.3) is 0 Å². The lowest BCUT2D eigenvalue weighted by Crippen LogP contribution is -2.70. The number of carbonyl (C=O) groups is 1. The van der Waals surface area contributed by atoms with Gasteiger partial charge < -0.3 is 43.5 Å². The third-order valence-electron chi connectivity index (χ3n) is 12.0. The summed E-state index contributed by atoms with van der Waals surface area (Å²) in [6, 6.07) is 21.2. The van der Waals surface area contributed by atoms with Gasteiger partial charge in [-0.15, -0.1) is 18.3 Å². The monoisotopic (exact) mass is 870 g/mol. The minimum Gasteiger partial charge on any atom is -0.493 e. The fourth-order valence-corrected chi connectivity index (χ4v) is 10.2. The van der Waals surface area contributed by atoms with Gasteiger partial charge in [0.2, 0.25) is 12.6 Å². The van der Waals surface area contributed by atoms with E-state index in [4.69, 9.17) is 38.4 Å². The molecule has 2 aliphatic carbocycles. The molecular weight excluding hydrogens is 809 g/mol. The Bertz CT molecular complexity index is 2050. The number of methoxy groups -OCH3 is 1. The van der Waals surface area contributed by atoms with Crippen molar-refractivity contribution in [3.05, 3.63) is 102 Å². The van der Waals surface area contributed by atoms with Crippen LogP contribution in [0.3, 0.4) is 0 Å². The van der Waals surface area contributed by atoms with Gasteiger partial charge in [0, 0.05) is 48.3 Å². The van der Waals surface area contributed by atoms with Crippen molar-refractivity contribution < 1.29 is 48.3 Å². The van der Waals surface area contributed by atoms with Crippen LogP contribution in [0, 0.1) is 17.8 Å². The number of hydrogen-bond donors (Lipinski definition) is 2. The van der Waals surface area contributed by atoms with Gasteiger partial charge in [-0.1, -0.05) is 54.4 Å². The maximum absolute atomic E-state index is 14.3. The van der Waals surface area contributed by atoms with Gasteiger partial charge in [0.1, 0.15) is 23.1 Å². The Labute approximate surface area is 370 Å². The highest BCUT2D eigenvalue weighted by atomic mass is 32.2. The zero-order valence-corrected chi connectivity index (χ0v) is 37.3. The van der Waals surface area contributed by atoms with Gasteiger partial charge in [0.15, 0.2) is 11.5 Å². The Morgan fingerprint density at radius 3 is 2.48 bits per heavy atom. The molecule has 334 valence electrons. The molecule has 3 aromatic rings. The first kappa shape index (κ1) is 45.3. The van der Waals surface area contributed by atoms with Crippen LogP contribution in [-0.2, 0) is 20.9 Å². The predicted molar refractivity (Wildman–Crippen MR) is 239 cm³/mol. The molecule has 7 rings (SSSR count). The second kappa shape index (κ2) is 20.7. The first-order valence-corrected chi connectivity index (χ1v) is 22.9. The van der Waals surface area contributed by atoms with E-state index in [1.165, 1.54) is 12.0 Å². The number of rotatable bonds is 20. The maximum Gasteiger partial charge on any atom is 0.410 e. The number of hydrogen-bond acceptors (Lipinski definition) is 12. The highest BCUT2D eigenvalue weighted by Gasteiger charge is 2.65. The highest BCUT2D eigenvalue weighted by Crippen LogP contribution is 2.62. The number of oxime groups is 1. The van der Waals surface area contributed by atoms with Crippen molar-refractivity contribution in [3.63, 3.8) is 0 Å². The summed E-state index contributed by atoms with van der Waals surface area (Å²) < 4.78 is 37.9.